The van der Waals surface area contributed by atoms with Gasteiger partial charge in [0.15, 0.2) is 0 Å². The molecular formula is C14H20N4. The van der Waals surface area contributed by atoms with Crippen molar-refractivity contribution in [3.05, 3.63) is 29.4 Å². The minimum absolute atomic E-state index is 0.0831. The van der Waals surface area contributed by atoms with E-state index in [9.17, 15) is 0 Å². The van der Waals surface area contributed by atoms with Crippen LogP contribution in [0.2, 0.25) is 0 Å². The third kappa shape index (κ3) is 2.28. The van der Waals surface area contributed by atoms with Crippen LogP contribution in [0.15, 0.2) is 18.0 Å². The summed E-state index contributed by atoms with van der Waals surface area (Å²) in [6, 6.07) is 1.87. The highest BCUT2D eigenvalue weighted by atomic mass is 14.9. The molecule has 0 amide bonds. The van der Waals surface area contributed by atoms with Gasteiger partial charge in [0.25, 0.3) is 0 Å². The molecule has 0 aromatic carbocycles. The predicted octanol–water partition coefficient (Wildman–Crippen LogP) is 2.68. The Morgan fingerprint density at radius 3 is 2.78 bits per heavy atom. The van der Waals surface area contributed by atoms with E-state index in [2.05, 4.69) is 23.8 Å². The van der Waals surface area contributed by atoms with Crippen LogP contribution < -0.4 is 5.73 Å². The van der Waals surface area contributed by atoms with Crippen molar-refractivity contribution in [3.63, 3.8) is 0 Å². The van der Waals surface area contributed by atoms with E-state index in [0.717, 1.165) is 36.2 Å². The molecule has 0 radical (unpaired) electrons. The summed E-state index contributed by atoms with van der Waals surface area (Å²) in [5.41, 5.74) is 9.99. The van der Waals surface area contributed by atoms with Gasteiger partial charge in [0.2, 0.25) is 0 Å². The first-order valence-electron chi connectivity index (χ1n) is 6.29. The number of nitrogens with zero attached hydrogens (tertiary/aromatic N) is 2. The summed E-state index contributed by atoms with van der Waals surface area (Å²) < 4.78 is 0. The molecule has 0 bridgehead atoms. The summed E-state index contributed by atoms with van der Waals surface area (Å²) in [5, 5.41) is 8.30. The summed E-state index contributed by atoms with van der Waals surface area (Å²) in [4.78, 5) is 8.28. The number of aryl methyl sites for hydroxylation is 1. The standard InChI is InChI=1S/C14H20N4/c1-9-7-11(18-8-17-9)12(15)10-5-4-6-14(2,3)13(10)16/h7-8,16H,4-6,15H2,1-3H3/b12-10-,16-13?. The van der Waals surface area contributed by atoms with E-state index >= 15 is 0 Å². The molecule has 1 aliphatic carbocycles. The largest absolute Gasteiger partial charge is 0.397 e. The minimum atomic E-state index is -0.0831. The number of allylic oxidation sites excluding steroid dienone is 1. The highest BCUT2D eigenvalue weighted by Crippen LogP contribution is 2.37. The normalized spacial score (nSPS) is 21.8. The SMILES string of the molecule is Cc1cc(/C(N)=C2\CCCC(C)(C)C2=N)ncn1. The fraction of sp³-hybridized carbons (Fsp3) is 0.500. The van der Waals surface area contributed by atoms with Gasteiger partial charge in [-0.05, 0) is 37.8 Å². The maximum Gasteiger partial charge on any atom is 0.116 e. The van der Waals surface area contributed by atoms with E-state index in [1.165, 1.54) is 6.33 Å². The second-order valence-corrected chi connectivity index (χ2v) is 5.55. The number of hydrogen-bond donors (Lipinski definition) is 2. The van der Waals surface area contributed by atoms with Crippen LogP contribution in [0.5, 0.6) is 0 Å². The van der Waals surface area contributed by atoms with E-state index in [4.69, 9.17) is 11.1 Å². The first-order chi connectivity index (χ1) is 8.42. The van der Waals surface area contributed by atoms with Gasteiger partial charge in [-0.2, -0.15) is 0 Å². The monoisotopic (exact) mass is 244 g/mol. The zero-order valence-electron chi connectivity index (χ0n) is 11.2. The van der Waals surface area contributed by atoms with Gasteiger partial charge in [0.1, 0.15) is 6.33 Å². The summed E-state index contributed by atoms with van der Waals surface area (Å²) >= 11 is 0. The predicted molar refractivity (Wildman–Crippen MR) is 73.2 cm³/mol. The first-order valence-corrected chi connectivity index (χ1v) is 6.29. The first kappa shape index (κ1) is 12.7. The highest BCUT2D eigenvalue weighted by molar-refractivity contribution is 6.07. The Bertz CT molecular complexity index is 514. The number of hydrogen-bond acceptors (Lipinski definition) is 4. The number of nitrogens with one attached hydrogen (secondary N) is 1. The lowest BCUT2D eigenvalue weighted by Crippen LogP contribution is -2.31. The van der Waals surface area contributed by atoms with Gasteiger partial charge in [0, 0.05) is 16.8 Å². The topological polar surface area (TPSA) is 75.7 Å². The average molecular weight is 244 g/mol. The van der Waals surface area contributed by atoms with E-state index in [1.54, 1.807) is 0 Å². The molecule has 1 saturated carbocycles. The highest BCUT2D eigenvalue weighted by Gasteiger charge is 2.31. The molecule has 2 rings (SSSR count). The molecule has 4 heteroatoms. The molecule has 96 valence electrons. The Labute approximate surface area is 108 Å². The van der Waals surface area contributed by atoms with Gasteiger partial charge in [-0.3, -0.25) is 0 Å². The molecule has 4 nitrogen and oxygen atoms in total. The van der Waals surface area contributed by atoms with Gasteiger partial charge in [0.05, 0.1) is 11.4 Å². The molecule has 0 atom stereocenters. The van der Waals surface area contributed by atoms with Crippen molar-refractivity contribution in [1.29, 1.82) is 5.41 Å². The van der Waals surface area contributed by atoms with Gasteiger partial charge in [-0.25, -0.2) is 9.97 Å². The van der Waals surface area contributed by atoms with Crippen LogP contribution in [0.4, 0.5) is 0 Å². The maximum atomic E-state index is 8.30. The van der Waals surface area contributed by atoms with E-state index in [-0.39, 0.29) is 5.41 Å². The van der Waals surface area contributed by atoms with E-state index < -0.39 is 0 Å². The Hall–Kier alpha value is -1.71. The lowest BCUT2D eigenvalue weighted by Gasteiger charge is -2.33. The Balaban J connectivity index is 2.44. The number of nitrogens with two attached hydrogens (primary N) is 1. The van der Waals surface area contributed by atoms with Crippen molar-refractivity contribution < 1.29 is 0 Å². The lowest BCUT2D eigenvalue weighted by atomic mass is 9.72. The molecule has 1 aromatic rings. The summed E-state index contributed by atoms with van der Waals surface area (Å²) in [5.74, 6) is 0. The molecule has 18 heavy (non-hydrogen) atoms. The van der Waals surface area contributed by atoms with E-state index in [0.29, 0.717) is 11.4 Å². The molecule has 1 fully saturated rings. The Kier molecular flexibility index (Phi) is 3.20. The summed E-state index contributed by atoms with van der Waals surface area (Å²) in [6.45, 7) is 6.12. The molecule has 3 N–H and O–H groups in total. The van der Waals surface area contributed by atoms with Gasteiger partial charge >= 0.3 is 0 Å². The van der Waals surface area contributed by atoms with Crippen molar-refractivity contribution in [2.45, 2.75) is 40.0 Å². The summed E-state index contributed by atoms with van der Waals surface area (Å²) in [6.07, 6.45) is 4.52. The van der Waals surface area contributed by atoms with Gasteiger partial charge in [-0.1, -0.05) is 13.8 Å². The van der Waals surface area contributed by atoms with Gasteiger partial charge in [-0.15, -0.1) is 0 Å². The average Bonchev–Trinajstić information content (AvgIpc) is 2.32. The lowest BCUT2D eigenvalue weighted by molar-refractivity contribution is 0.434. The van der Waals surface area contributed by atoms with Crippen molar-refractivity contribution in [2.24, 2.45) is 11.1 Å². The van der Waals surface area contributed by atoms with E-state index in [1.807, 2.05) is 13.0 Å². The van der Waals surface area contributed by atoms with Crippen molar-refractivity contribution in [2.75, 3.05) is 0 Å². The fourth-order valence-corrected chi connectivity index (χ4v) is 2.39. The summed E-state index contributed by atoms with van der Waals surface area (Å²) in [7, 11) is 0. The molecule has 0 spiro atoms. The van der Waals surface area contributed by atoms with Crippen molar-refractivity contribution in [1.82, 2.24) is 9.97 Å². The van der Waals surface area contributed by atoms with Gasteiger partial charge < -0.3 is 11.1 Å². The molecule has 1 heterocycles. The smallest absolute Gasteiger partial charge is 0.116 e. The Morgan fingerprint density at radius 1 is 1.39 bits per heavy atom. The number of rotatable bonds is 1. The zero-order chi connectivity index (χ0) is 13.3. The van der Waals surface area contributed by atoms with Crippen LogP contribution in [0, 0.1) is 17.7 Å². The molecule has 0 saturated heterocycles. The second kappa shape index (κ2) is 4.52. The van der Waals surface area contributed by atoms with Crippen LogP contribution in [0.1, 0.15) is 44.5 Å². The van der Waals surface area contributed by atoms with Crippen molar-refractivity contribution >= 4 is 11.4 Å². The molecule has 1 aromatic heterocycles. The Morgan fingerprint density at radius 2 is 2.11 bits per heavy atom. The third-order valence-corrected chi connectivity index (χ3v) is 3.61. The van der Waals surface area contributed by atoms with Crippen molar-refractivity contribution in [3.8, 4) is 0 Å². The zero-order valence-corrected chi connectivity index (χ0v) is 11.2. The molecule has 0 unspecified atom stereocenters. The number of aromatic nitrogens is 2. The van der Waals surface area contributed by atoms with Crippen LogP contribution in [0.25, 0.3) is 5.70 Å². The quantitative estimate of drug-likeness (QED) is 0.797. The molecular weight excluding hydrogens is 224 g/mol. The maximum absolute atomic E-state index is 8.30. The third-order valence-electron chi connectivity index (χ3n) is 3.61. The minimum Gasteiger partial charge on any atom is -0.397 e. The van der Waals surface area contributed by atoms with Crippen LogP contribution in [-0.4, -0.2) is 15.7 Å². The second-order valence-electron chi connectivity index (χ2n) is 5.55. The van der Waals surface area contributed by atoms with Crippen LogP contribution in [-0.2, 0) is 0 Å². The molecule has 0 aliphatic heterocycles. The molecule has 1 aliphatic rings. The van der Waals surface area contributed by atoms with Crippen LogP contribution >= 0.6 is 0 Å². The van der Waals surface area contributed by atoms with Crippen LogP contribution in [0.3, 0.4) is 0 Å². The fourth-order valence-electron chi connectivity index (χ4n) is 2.39.